The van der Waals surface area contributed by atoms with Crippen molar-refractivity contribution < 1.29 is 13.9 Å². The van der Waals surface area contributed by atoms with Gasteiger partial charge in [0.25, 0.3) is 0 Å². The summed E-state index contributed by atoms with van der Waals surface area (Å²) >= 11 is 3.39. The zero-order chi connectivity index (χ0) is 16.1. The first-order chi connectivity index (χ1) is 10.6. The Morgan fingerprint density at radius 3 is 2.59 bits per heavy atom. The number of methoxy groups -OCH3 is 2. The van der Waals surface area contributed by atoms with E-state index in [0.717, 1.165) is 4.47 Å². The number of nitriles is 1. The summed E-state index contributed by atoms with van der Waals surface area (Å²) in [7, 11) is 3.06. The summed E-state index contributed by atoms with van der Waals surface area (Å²) in [6.07, 6.45) is 1.64. The van der Waals surface area contributed by atoms with Gasteiger partial charge in [-0.2, -0.15) is 5.26 Å². The minimum atomic E-state index is -0.391. The average molecular weight is 362 g/mol. The summed E-state index contributed by atoms with van der Waals surface area (Å²) in [5.74, 6) is 0.659. The van der Waals surface area contributed by atoms with Crippen LogP contribution in [0.5, 0.6) is 11.5 Å². The van der Waals surface area contributed by atoms with Gasteiger partial charge in [0, 0.05) is 10.0 Å². The minimum Gasteiger partial charge on any atom is -0.493 e. The molecule has 3 nitrogen and oxygen atoms in total. The van der Waals surface area contributed by atoms with Crippen molar-refractivity contribution >= 4 is 27.6 Å². The Labute approximate surface area is 136 Å². The third-order valence-corrected chi connectivity index (χ3v) is 3.49. The standard InChI is InChI=1S/C17H13BrFNO2/c1-21-16-9-14(18)7-12(17(16)22-2)6-13(10-20)11-4-3-5-15(19)8-11/h3-9H,1-2H3/b13-6-. The van der Waals surface area contributed by atoms with Crippen LogP contribution in [0.4, 0.5) is 4.39 Å². The molecule has 2 aromatic rings. The SMILES string of the molecule is COc1cc(Br)cc(/C=C(/C#N)c2cccc(F)c2)c1OC. The first kappa shape index (κ1) is 16.1. The number of benzene rings is 2. The smallest absolute Gasteiger partial charge is 0.168 e. The molecule has 0 atom stereocenters. The number of hydrogen-bond donors (Lipinski definition) is 0. The largest absolute Gasteiger partial charge is 0.493 e. The van der Waals surface area contributed by atoms with Gasteiger partial charge in [-0.25, -0.2) is 4.39 Å². The van der Waals surface area contributed by atoms with Crippen molar-refractivity contribution in [1.82, 2.24) is 0 Å². The minimum absolute atomic E-state index is 0.331. The molecule has 0 spiro atoms. The normalized spacial score (nSPS) is 11.0. The van der Waals surface area contributed by atoms with Crippen LogP contribution >= 0.6 is 15.9 Å². The molecule has 22 heavy (non-hydrogen) atoms. The molecular weight excluding hydrogens is 349 g/mol. The average Bonchev–Trinajstić information content (AvgIpc) is 2.51. The second kappa shape index (κ2) is 7.10. The summed E-state index contributed by atoms with van der Waals surface area (Å²) < 4.78 is 24.8. The van der Waals surface area contributed by atoms with Crippen molar-refractivity contribution in [2.24, 2.45) is 0 Å². The van der Waals surface area contributed by atoms with E-state index in [4.69, 9.17) is 9.47 Å². The Bertz CT molecular complexity index is 766. The highest BCUT2D eigenvalue weighted by Crippen LogP contribution is 2.36. The predicted molar refractivity (Wildman–Crippen MR) is 87.1 cm³/mol. The zero-order valence-electron chi connectivity index (χ0n) is 12.1. The fourth-order valence-corrected chi connectivity index (χ4v) is 2.51. The molecule has 0 aromatic heterocycles. The van der Waals surface area contributed by atoms with E-state index in [9.17, 15) is 9.65 Å². The van der Waals surface area contributed by atoms with Gasteiger partial charge in [-0.05, 0) is 35.9 Å². The number of ether oxygens (including phenoxy) is 2. The van der Waals surface area contributed by atoms with Crippen LogP contribution in [0.25, 0.3) is 11.6 Å². The van der Waals surface area contributed by atoms with Crippen molar-refractivity contribution in [1.29, 1.82) is 5.26 Å². The molecule has 0 radical (unpaired) electrons. The van der Waals surface area contributed by atoms with E-state index in [1.54, 1.807) is 30.3 Å². The lowest BCUT2D eigenvalue weighted by Crippen LogP contribution is -1.94. The molecule has 0 fully saturated rings. The van der Waals surface area contributed by atoms with Gasteiger partial charge in [0.2, 0.25) is 0 Å². The van der Waals surface area contributed by atoms with E-state index in [1.807, 2.05) is 0 Å². The van der Waals surface area contributed by atoms with Crippen LogP contribution in [0.2, 0.25) is 0 Å². The molecule has 112 valence electrons. The molecule has 0 heterocycles. The lowest BCUT2D eigenvalue weighted by Gasteiger charge is -2.11. The number of rotatable bonds is 4. The van der Waals surface area contributed by atoms with Gasteiger partial charge in [-0.15, -0.1) is 0 Å². The van der Waals surface area contributed by atoms with Crippen LogP contribution in [0.3, 0.4) is 0 Å². The van der Waals surface area contributed by atoms with Crippen LogP contribution in [-0.2, 0) is 0 Å². The molecule has 5 heteroatoms. The van der Waals surface area contributed by atoms with Gasteiger partial charge < -0.3 is 9.47 Å². The van der Waals surface area contributed by atoms with Crippen LogP contribution in [0.15, 0.2) is 40.9 Å². The maximum Gasteiger partial charge on any atom is 0.168 e. The second-order valence-electron chi connectivity index (χ2n) is 4.41. The maximum atomic E-state index is 13.3. The van der Waals surface area contributed by atoms with Gasteiger partial charge in [-0.3, -0.25) is 0 Å². The van der Waals surface area contributed by atoms with Gasteiger partial charge in [0.1, 0.15) is 5.82 Å². The topological polar surface area (TPSA) is 42.2 Å². The van der Waals surface area contributed by atoms with Gasteiger partial charge in [-0.1, -0.05) is 28.1 Å². The molecule has 2 aromatic carbocycles. The molecule has 0 N–H and O–H groups in total. The molecule has 0 saturated heterocycles. The van der Waals surface area contributed by atoms with Crippen molar-refractivity contribution in [2.75, 3.05) is 14.2 Å². The molecule has 0 aliphatic heterocycles. The first-order valence-electron chi connectivity index (χ1n) is 6.38. The lowest BCUT2D eigenvalue weighted by atomic mass is 10.0. The van der Waals surface area contributed by atoms with Crippen molar-refractivity contribution in [2.45, 2.75) is 0 Å². The van der Waals surface area contributed by atoms with Crippen LogP contribution in [0, 0.1) is 17.1 Å². The van der Waals surface area contributed by atoms with Crippen LogP contribution in [-0.4, -0.2) is 14.2 Å². The summed E-state index contributed by atoms with van der Waals surface area (Å²) in [6.45, 7) is 0. The molecule has 0 aliphatic carbocycles. The summed E-state index contributed by atoms with van der Waals surface area (Å²) in [5.41, 5.74) is 1.50. The first-order valence-corrected chi connectivity index (χ1v) is 7.17. The third kappa shape index (κ3) is 3.46. The Hall–Kier alpha value is -2.32. The molecule has 0 aliphatic rings. The number of allylic oxidation sites excluding steroid dienone is 1. The lowest BCUT2D eigenvalue weighted by molar-refractivity contribution is 0.354. The summed E-state index contributed by atoms with van der Waals surface area (Å²) in [5, 5.41) is 9.37. The van der Waals surface area contributed by atoms with Crippen molar-refractivity contribution in [3.05, 3.63) is 57.8 Å². The predicted octanol–water partition coefficient (Wildman–Crippen LogP) is 4.67. The Balaban J connectivity index is 2.60. The Morgan fingerprint density at radius 1 is 1.23 bits per heavy atom. The van der Waals surface area contributed by atoms with Gasteiger partial charge in [0.05, 0.1) is 25.9 Å². The summed E-state index contributed by atoms with van der Waals surface area (Å²) in [4.78, 5) is 0. The quantitative estimate of drug-likeness (QED) is 0.586. The molecule has 2 rings (SSSR count). The van der Waals surface area contributed by atoms with E-state index in [0.29, 0.717) is 28.2 Å². The third-order valence-electron chi connectivity index (χ3n) is 3.03. The van der Waals surface area contributed by atoms with Crippen LogP contribution < -0.4 is 9.47 Å². The van der Waals surface area contributed by atoms with Gasteiger partial charge in [0.15, 0.2) is 11.5 Å². The Kier molecular flexibility index (Phi) is 5.18. The van der Waals surface area contributed by atoms with Crippen LogP contribution in [0.1, 0.15) is 11.1 Å². The van der Waals surface area contributed by atoms with E-state index in [2.05, 4.69) is 22.0 Å². The van der Waals surface area contributed by atoms with E-state index >= 15 is 0 Å². The molecule has 0 unspecified atom stereocenters. The second-order valence-corrected chi connectivity index (χ2v) is 5.33. The highest BCUT2D eigenvalue weighted by molar-refractivity contribution is 9.10. The number of halogens is 2. The molecule has 0 amide bonds. The number of hydrogen-bond acceptors (Lipinski definition) is 3. The number of nitrogens with zero attached hydrogens (tertiary/aromatic N) is 1. The Morgan fingerprint density at radius 2 is 2.00 bits per heavy atom. The fraction of sp³-hybridized carbons (Fsp3) is 0.118. The monoisotopic (exact) mass is 361 g/mol. The van der Waals surface area contributed by atoms with Crippen molar-refractivity contribution in [3.8, 4) is 17.6 Å². The molecular formula is C17H13BrFNO2. The van der Waals surface area contributed by atoms with Gasteiger partial charge >= 0.3 is 0 Å². The zero-order valence-corrected chi connectivity index (χ0v) is 13.6. The summed E-state index contributed by atoms with van der Waals surface area (Å²) in [6, 6.07) is 11.6. The van der Waals surface area contributed by atoms with E-state index < -0.39 is 5.82 Å². The molecule has 0 bridgehead atoms. The van der Waals surface area contributed by atoms with Crippen molar-refractivity contribution in [3.63, 3.8) is 0 Å². The fourth-order valence-electron chi connectivity index (χ4n) is 2.06. The van der Waals surface area contributed by atoms with E-state index in [1.165, 1.54) is 26.4 Å². The molecule has 0 saturated carbocycles. The highest BCUT2D eigenvalue weighted by atomic mass is 79.9. The van der Waals surface area contributed by atoms with E-state index in [-0.39, 0.29) is 0 Å². The highest BCUT2D eigenvalue weighted by Gasteiger charge is 2.12. The maximum absolute atomic E-state index is 13.3.